The van der Waals surface area contributed by atoms with Crippen LogP contribution in [0.25, 0.3) is 0 Å². The molecule has 0 atom stereocenters. The molecule has 0 heterocycles. The molecule has 0 aliphatic rings. The highest BCUT2D eigenvalue weighted by molar-refractivity contribution is 6.01. The standard InChI is InChI=1S/C10H7FN2O3/c11-7-1-2-8(6(3-7)5-12)13-9(14)4-10(15)16/h1-3H,4H2,(H,13,14)(H,15,16). The predicted molar refractivity (Wildman–Crippen MR) is 52.0 cm³/mol. The number of nitriles is 1. The second-order valence-corrected chi connectivity index (χ2v) is 2.92. The number of carbonyl (C=O) groups is 2. The van der Waals surface area contributed by atoms with E-state index in [1.807, 2.05) is 0 Å². The Kier molecular flexibility index (Phi) is 3.56. The fourth-order valence-electron chi connectivity index (χ4n) is 1.05. The minimum atomic E-state index is -1.28. The number of amides is 1. The van der Waals surface area contributed by atoms with Gasteiger partial charge >= 0.3 is 5.97 Å². The van der Waals surface area contributed by atoms with Crippen molar-refractivity contribution in [3.8, 4) is 6.07 Å². The van der Waals surface area contributed by atoms with Gasteiger partial charge in [0.1, 0.15) is 18.3 Å². The first kappa shape index (κ1) is 11.7. The van der Waals surface area contributed by atoms with E-state index in [-0.39, 0.29) is 11.3 Å². The van der Waals surface area contributed by atoms with Crippen LogP contribution in [0.2, 0.25) is 0 Å². The Morgan fingerprint density at radius 2 is 2.19 bits per heavy atom. The van der Waals surface area contributed by atoms with Crippen molar-refractivity contribution in [2.75, 3.05) is 5.32 Å². The number of anilines is 1. The van der Waals surface area contributed by atoms with E-state index < -0.39 is 24.1 Å². The van der Waals surface area contributed by atoms with E-state index in [0.29, 0.717) is 0 Å². The van der Waals surface area contributed by atoms with Gasteiger partial charge < -0.3 is 10.4 Å². The molecule has 1 aromatic carbocycles. The van der Waals surface area contributed by atoms with Crippen molar-refractivity contribution in [2.45, 2.75) is 6.42 Å². The number of benzene rings is 1. The molecule has 1 rings (SSSR count). The lowest BCUT2D eigenvalue weighted by Gasteiger charge is -2.05. The van der Waals surface area contributed by atoms with Gasteiger partial charge in [-0.3, -0.25) is 9.59 Å². The molecule has 82 valence electrons. The number of halogens is 1. The van der Waals surface area contributed by atoms with Crippen molar-refractivity contribution in [2.24, 2.45) is 0 Å². The van der Waals surface area contributed by atoms with Gasteiger partial charge in [0.2, 0.25) is 5.91 Å². The monoisotopic (exact) mass is 222 g/mol. The summed E-state index contributed by atoms with van der Waals surface area (Å²) in [5.41, 5.74) is 0.0360. The summed E-state index contributed by atoms with van der Waals surface area (Å²) in [5.74, 6) is -2.65. The van der Waals surface area contributed by atoms with E-state index in [4.69, 9.17) is 10.4 Å². The first-order valence-electron chi connectivity index (χ1n) is 4.24. The van der Waals surface area contributed by atoms with Gasteiger partial charge in [-0.15, -0.1) is 0 Å². The van der Waals surface area contributed by atoms with Gasteiger partial charge in [0.05, 0.1) is 11.3 Å². The Hall–Kier alpha value is -2.42. The average Bonchev–Trinajstić information content (AvgIpc) is 2.19. The van der Waals surface area contributed by atoms with Crippen molar-refractivity contribution in [3.05, 3.63) is 29.6 Å². The molecular weight excluding hydrogens is 215 g/mol. The molecule has 1 amide bonds. The molecule has 0 spiro atoms. The summed E-state index contributed by atoms with van der Waals surface area (Å²) < 4.78 is 12.7. The molecular formula is C10H7FN2O3. The maximum absolute atomic E-state index is 12.7. The molecule has 2 N–H and O–H groups in total. The van der Waals surface area contributed by atoms with E-state index >= 15 is 0 Å². The van der Waals surface area contributed by atoms with Gasteiger partial charge in [-0.05, 0) is 18.2 Å². The summed E-state index contributed by atoms with van der Waals surface area (Å²) in [4.78, 5) is 21.3. The lowest BCUT2D eigenvalue weighted by Crippen LogP contribution is -2.16. The van der Waals surface area contributed by atoms with Crippen LogP contribution in [0.1, 0.15) is 12.0 Å². The largest absolute Gasteiger partial charge is 0.481 e. The number of carboxylic acids is 1. The molecule has 0 bridgehead atoms. The lowest BCUT2D eigenvalue weighted by molar-refractivity contribution is -0.139. The third-order valence-electron chi connectivity index (χ3n) is 1.69. The molecule has 0 aliphatic heterocycles. The van der Waals surface area contributed by atoms with Crippen LogP contribution in [0.15, 0.2) is 18.2 Å². The fourth-order valence-corrected chi connectivity index (χ4v) is 1.05. The highest BCUT2D eigenvalue weighted by Gasteiger charge is 2.10. The normalized spacial score (nSPS) is 9.25. The van der Waals surface area contributed by atoms with E-state index in [2.05, 4.69) is 5.32 Å². The first-order valence-corrected chi connectivity index (χ1v) is 4.24. The van der Waals surface area contributed by atoms with Gasteiger partial charge in [-0.1, -0.05) is 0 Å². The highest BCUT2D eigenvalue weighted by atomic mass is 19.1. The van der Waals surface area contributed by atoms with Crippen LogP contribution in [-0.2, 0) is 9.59 Å². The quantitative estimate of drug-likeness (QED) is 0.749. The average molecular weight is 222 g/mol. The molecule has 1 aromatic rings. The lowest BCUT2D eigenvalue weighted by atomic mass is 10.2. The second kappa shape index (κ2) is 4.89. The third-order valence-corrected chi connectivity index (χ3v) is 1.69. The Bertz CT molecular complexity index is 479. The highest BCUT2D eigenvalue weighted by Crippen LogP contribution is 2.15. The van der Waals surface area contributed by atoms with Gasteiger partial charge in [0, 0.05) is 0 Å². The minimum Gasteiger partial charge on any atom is -0.481 e. The van der Waals surface area contributed by atoms with Gasteiger partial charge in [-0.2, -0.15) is 5.26 Å². The van der Waals surface area contributed by atoms with Crippen molar-refractivity contribution in [1.82, 2.24) is 0 Å². The first-order chi connectivity index (χ1) is 7.52. The molecule has 0 unspecified atom stereocenters. The zero-order valence-electron chi connectivity index (χ0n) is 8.03. The van der Waals surface area contributed by atoms with Crippen molar-refractivity contribution in [3.63, 3.8) is 0 Å². The van der Waals surface area contributed by atoms with Crippen LogP contribution >= 0.6 is 0 Å². The van der Waals surface area contributed by atoms with Gasteiger partial charge in [0.25, 0.3) is 0 Å². The van der Waals surface area contributed by atoms with E-state index in [0.717, 1.165) is 12.1 Å². The second-order valence-electron chi connectivity index (χ2n) is 2.92. The zero-order valence-corrected chi connectivity index (χ0v) is 8.03. The third kappa shape index (κ3) is 3.06. The Morgan fingerprint density at radius 1 is 1.50 bits per heavy atom. The van der Waals surface area contributed by atoms with Crippen LogP contribution in [-0.4, -0.2) is 17.0 Å². The van der Waals surface area contributed by atoms with Crippen LogP contribution < -0.4 is 5.32 Å². The van der Waals surface area contributed by atoms with E-state index in [9.17, 15) is 14.0 Å². The summed E-state index contributed by atoms with van der Waals surface area (Å²) in [5, 5.41) is 19.2. The van der Waals surface area contributed by atoms with Crippen LogP contribution in [0.5, 0.6) is 0 Å². The molecule has 0 fully saturated rings. The Balaban J connectivity index is 2.86. The number of nitrogens with zero attached hydrogens (tertiary/aromatic N) is 1. The predicted octanol–water partition coefficient (Wildman–Crippen LogP) is 1.11. The maximum atomic E-state index is 12.7. The molecule has 0 aliphatic carbocycles. The molecule has 0 aromatic heterocycles. The summed E-state index contributed by atoms with van der Waals surface area (Å²) in [7, 11) is 0. The summed E-state index contributed by atoms with van der Waals surface area (Å²) in [6.07, 6.45) is -0.706. The fraction of sp³-hybridized carbons (Fsp3) is 0.100. The number of rotatable bonds is 3. The minimum absolute atomic E-state index is 0.0567. The number of carbonyl (C=O) groups excluding carboxylic acids is 1. The van der Waals surface area contributed by atoms with E-state index in [1.165, 1.54) is 6.07 Å². The number of nitrogens with one attached hydrogen (secondary N) is 1. The van der Waals surface area contributed by atoms with Crippen LogP contribution in [0.4, 0.5) is 10.1 Å². The Morgan fingerprint density at radius 3 is 2.75 bits per heavy atom. The van der Waals surface area contributed by atoms with Crippen molar-refractivity contribution >= 4 is 17.6 Å². The van der Waals surface area contributed by atoms with E-state index in [1.54, 1.807) is 6.07 Å². The number of carboxylic acid groups (broad SMARTS) is 1. The summed E-state index contributed by atoms with van der Waals surface area (Å²) in [6.45, 7) is 0. The number of hydrogen-bond acceptors (Lipinski definition) is 3. The molecule has 0 radical (unpaired) electrons. The zero-order chi connectivity index (χ0) is 12.1. The van der Waals surface area contributed by atoms with Crippen molar-refractivity contribution in [1.29, 1.82) is 5.26 Å². The van der Waals surface area contributed by atoms with Crippen LogP contribution in [0.3, 0.4) is 0 Å². The molecule has 0 saturated heterocycles. The molecule has 6 heteroatoms. The SMILES string of the molecule is N#Cc1cc(F)ccc1NC(=O)CC(=O)O. The molecule has 5 nitrogen and oxygen atoms in total. The smallest absolute Gasteiger partial charge is 0.312 e. The Labute approximate surface area is 90.1 Å². The van der Waals surface area contributed by atoms with Gasteiger partial charge in [-0.25, -0.2) is 4.39 Å². The number of hydrogen-bond donors (Lipinski definition) is 2. The molecule has 0 saturated carbocycles. The van der Waals surface area contributed by atoms with Crippen LogP contribution in [0, 0.1) is 17.1 Å². The summed E-state index contributed by atoms with van der Waals surface area (Å²) >= 11 is 0. The topological polar surface area (TPSA) is 90.2 Å². The summed E-state index contributed by atoms with van der Waals surface area (Å²) in [6, 6.07) is 4.92. The van der Waals surface area contributed by atoms with Gasteiger partial charge in [0.15, 0.2) is 0 Å². The maximum Gasteiger partial charge on any atom is 0.312 e. The number of aliphatic carboxylic acids is 1. The van der Waals surface area contributed by atoms with Crippen molar-refractivity contribution < 1.29 is 19.1 Å². The molecule has 16 heavy (non-hydrogen) atoms.